The Balaban J connectivity index is 2.94. The standard InChI is InChI=1S/C14H16FNO2/c1-3-9-16(10-14(17)18)13(4-2)11-5-7-12(15)8-6-11/h1,5-8,13H,4,9-10H2,2H3,(H,17,18). The highest BCUT2D eigenvalue weighted by Gasteiger charge is 2.20. The van der Waals surface area contributed by atoms with E-state index in [4.69, 9.17) is 11.5 Å². The molecule has 0 amide bonds. The average molecular weight is 249 g/mol. The van der Waals surface area contributed by atoms with Gasteiger partial charge in [-0.2, -0.15) is 0 Å². The molecule has 0 radical (unpaired) electrons. The molecule has 0 spiro atoms. The molecular formula is C14H16FNO2. The van der Waals surface area contributed by atoms with Gasteiger partial charge in [0.05, 0.1) is 13.1 Å². The number of nitrogens with zero attached hydrogens (tertiary/aromatic N) is 1. The monoisotopic (exact) mass is 249 g/mol. The quantitative estimate of drug-likeness (QED) is 0.786. The third-order valence-corrected chi connectivity index (χ3v) is 2.71. The molecule has 0 heterocycles. The Labute approximate surface area is 106 Å². The lowest BCUT2D eigenvalue weighted by molar-refractivity contribution is -0.138. The van der Waals surface area contributed by atoms with Crippen LogP contribution in [0, 0.1) is 18.2 Å². The van der Waals surface area contributed by atoms with E-state index in [1.165, 1.54) is 12.1 Å². The van der Waals surface area contributed by atoms with Crippen molar-refractivity contribution in [3.8, 4) is 12.3 Å². The fourth-order valence-corrected chi connectivity index (χ4v) is 1.96. The molecule has 0 aliphatic rings. The number of rotatable bonds is 6. The molecule has 96 valence electrons. The largest absolute Gasteiger partial charge is 0.480 e. The summed E-state index contributed by atoms with van der Waals surface area (Å²) in [4.78, 5) is 12.5. The minimum absolute atomic E-state index is 0.113. The van der Waals surface area contributed by atoms with E-state index in [0.29, 0.717) is 6.42 Å². The van der Waals surface area contributed by atoms with Crippen LogP contribution in [0.2, 0.25) is 0 Å². The minimum atomic E-state index is -0.925. The van der Waals surface area contributed by atoms with E-state index >= 15 is 0 Å². The first-order valence-corrected chi connectivity index (χ1v) is 5.73. The second-order valence-electron chi connectivity index (χ2n) is 3.98. The zero-order valence-corrected chi connectivity index (χ0v) is 10.3. The van der Waals surface area contributed by atoms with Gasteiger partial charge in [-0.15, -0.1) is 6.42 Å². The third-order valence-electron chi connectivity index (χ3n) is 2.71. The van der Waals surface area contributed by atoms with Gasteiger partial charge in [0.25, 0.3) is 0 Å². The van der Waals surface area contributed by atoms with Crippen LogP contribution < -0.4 is 0 Å². The summed E-state index contributed by atoms with van der Waals surface area (Å²) in [6.07, 6.45) is 5.96. The Morgan fingerprint density at radius 3 is 2.56 bits per heavy atom. The van der Waals surface area contributed by atoms with Crippen LogP contribution in [0.1, 0.15) is 24.9 Å². The maximum atomic E-state index is 12.9. The van der Waals surface area contributed by atoms with Gasteiger partial charge in [0, 0.05) is 6.04 Å². The maximum absolute atomic E-state index is 12.9. The van der Waals surface area contributed by atoms with E-state index < -0.39 is 5.97 Å². The Kier molecular flexibility index (Phi) is 5.34. The Morgan fingerprint density at radius 1 is 1.50 bits per heavy atom. The molecule has 1 aromatic rings. The van der Waals surface area contributed by atoms with Crippen molar-refractivity contribution >= 4 is 5.97 Å². The summed E-state index contributed by atoms with van der Waals surface area (Å²) in [5.41, 5.74) is 0.871. The van der Waals surface area contributed by atoms with Gasteiger partial charge in [-0.25, -0.2) is 4.39 Å². The van der Waals surface area contributed by atoms with Crippen molar-refractivity contribution in [3.63, 3.8) is 0 Å². The van der Waals surface area contributed by atoms with Gasteiger partial charge in [-0.05, 0) is 24.1 Å². The number of benzene rings is 1. The van der Waals surface area contributed by atoms with E-state index in [1.807, 2.05) is 6.92 Å². The Morgan fingerprint density at radius 2 is 2.11 bits per heavy atom. The number of hydrogen-bond donors (Lipinski definition) is 1. The van der Waals surface area contributed by atoms with E-state index in [2.05, 4.69) is 5.92 Å². The molecule has 0 bridgehead atoms. The van der Waals surface area contributed by atoms with Crippen LogP contribution in [-0.2, 0) is 4.79 Å². The predicted molar refractivity (Wildman–Crippen MR) is 67.5 cm³/mol. The topological polar surface area (TPSA) is 40.5 Å². The van der Waals surface area contributed by atoms with Gasteiger partial charge in [0.2, 0.25) is 0 Å². The van der Waals surface area contributed by atoms with Crippen molar-refractivity contribution in [2.75, 3.05) is 13.1 Å². The van der Waals surface area contributed by atoms with Gasteiger partial charge in [0.1, 0.15) is 5.82 Å². The van der Waals surface area contributed by atoms with Gasteiger partial charge in [0.15, 0.2) is 0 Å². The van der Waals surface area contributed by atoms with E-state index in [0.717, 1.165) is 5.56 Å². The fraction of sp³-hybridized carbons (Fsp3) is 0.357. The van der Waals surface area contributed by atoms with Crippen LogP contribution >= 0.6 is 0 Å². The first-order chi connectivity index (χ1) is 8.58. The normalized spacial score (nSPS) is 12.1. The number of carboxylic acids is 1. The molecule has 0 saturated carbocycles. The van der Waals surface area contributed by atoms with Crippen LogP contribution in [0.5, 0.6) is 0 Å². The summed E-state index contributed by atoms with van der Waals surface area (Å²) >= 11 is 0. The van der Waals surface area contributed by atoms with E-state index in [1.54, 1.807) is 17.0 Å². The molecule has 1 atom stereocenters. The Bertz CT molecular complexity index is 436. The molecule has 1 unspecified atom stereocenters. The lowest BCUT2D eigenvalue weighted by Gasteiger charge is -2.28. The summed E-state index contributed by atoms with van der Waals surface area (Å²) in [5.74, 6) is 1.22. The van der Waals surface area contributed by atoms with Crippen molar-refractivity contribution in [1.29, 1.82) is 0 Å². The van der Waals surface area contributed by atoms with Crippen molar-refractivity contribution in [2.45, 2.75) is 19.4 Å². The van der Waals surface area contributed by atoms with Crippen molar-refractivity contribution in [3.05, 3.63) is 35.6 Å². The number of hydrogen-bond acceptors (Lipinski definition) is 2. The zero-order chi connectivity index (χ0) is 13.5. The summed E-state index contributed by atoms with van der Waals surface area (Å²) in [6, 6.07) is 5.95. The molecule has 0 aromatic heterocycles. The number of aliphatic carboxylic acids is 1. The molecule has 0 aliphatic heterocycles. The number of terminal acetylenes is 1. The molecule has 1 aromatic carbocycles. The lowest BCUT2D eigenvalue weighted by atomic mass is 10.0. The van der Waals surface area contributed by atoms with E-state index in [-0.39, 0.29) is 24.9 Å². The summed E-state index contributed by atoms with van der Waals surface area (Å²) in [7, 11) is 0. The van der Waals surface area contributed by atoms with Crippen molar-refractivity contribution in [2.24, 2.45) is 0 Å². The molecule has 0 aliphatic carbocycles. The van der Waals surface area contributed by atoms with Crippen LogP contribution in [0.25, 0.3) is 0 Å². The molecule has 4 heteroatoms. The number of halogens is 1. The van der Waals surface area contributed by atoms with Crippen LogP contribution in [0.3, 0.4) is 0 Å². The highest BCUT2D eigenvalue weighted by molar-refractivity contribution is 5.69. The molecule has 1 rings (SSSR count). The van der Waals surface area contributed by atoms with Gasteiger partial charge in [-0.1, -0.05) is 25.0 Å². The third kappa shape index (κ3) is 3.86. The average Bonchev–Trinajstić information content (AvgIpc) is 2.32. The predicted octanol–water partition coefficient (Wildman–Crippen LogP) is 2.30. The molecular weight excluding hydrogens is 233 g/mol. The van der Waals surface area contributed by atoms with Gasteiger partial charge < -0.3 is 5.11 Å². The van der Waals surface area contributed by atoms with Gasteiger partial charge in [-0.3, -0.25) is 9.69 Å². The second kappa shape index (κ2) is 6.77. The highest BCUT2D eigenvalue weighted by atomic mass is 19.1. The smallest absolute Gasteiger partial charge is 0.317 e. The Hall–Kier alpha value is -1.86. The summed E-state index contributed by atoms with van der Waals surface area (Å²) in [6.45, 7) is 2.07. The van der Waals surface area contributed by atoms with E-state index in [9.17, 15) is 9.18 Å². The minimum Gasteiger partial charge on any atom is -0.480 e. The molecule has 3 nitrogen and oxygen atoms in total. The molecule has 1 N–H and O–H groups in total. The fourth-order valence-electron chi connectivity index (χ4n) is 1.96. The van der Waals surface area contributed by atoms with Crippen LogP contribution in [0.4, 0.5) is 4.39 Å². The molecule has 0 fully saturated rings. The molecule has 0 saturated heterocycles. The SMILES string of the molecule is C#CCN(CC(=O)O)C(CC)c1ccc(F)cc1. The number of carboxylic acid groups (broad SMARTS) is 1. The maximum Gasteiger partial charge on any atom is 0.317 e. The lowest BCUT2D eigenvalue weighted by Crippen LogP contribution is -2.33. The first kappa shape index (κ1) is 14.2. The number of carbonyl (C=O) groups is 1. The van der Waals surface area contributed by atoms with Crippen molar-refractivity contribution in [1.82, 2.24) is 4.90 Å². The molecule has 18 heavy (non-hydrogen) atoms. The zero-order valence-electron chi connectivity index (χ0n) is 10.3. The van der Waals surface area contributed by atoms with Crippen LogP contribution in [0.15, 0.2) is 24.3 Å². The van der Waals surface area contributed by atoms with Gasteiger partial charge >= 0.3 is 5.97 Å². The first-order valence-electron chi connectivity index (χ1n) is 5.73. The van der Waals surface area contributed by atoms with Crippen LogP contribution in [-0.4, -0.2) is 29.1 Å². The summed E-state index contributed by atoms with van der Waals surface area (Å²) < 4.78 is 12.9. The summed E-state index contributed by atoms with van der Waals surface area (Å²) in [5, 5.41) is 8.88. The highest BCUT2D eigenvalue weighted by Crippen LogP contribution is 2.23. The van der Waals surface area contributed by atoms with Crippen molar-refractivity contribution < 1.29 is 14.3 Å². The second-order valence-corrected chi connectivity index (χ2v) is 3.98.